The molecule has 1 aliphatic heterocycles. The Morgan fingerprint density at radius 2 is 1.97 bits per heavy atom. The topological polar surface area (TPSA) is 54.0 Å². The second kappa shape index (κ2) is 9.04. The molecule has 5 nitrogen and oxygen atoms in total. The molecule has 5 rings (SSSR count). The highest BCUT2D eigenvalue weighted by atomic mass is 19.2. The summed E-state index contributed by atoms with van der Waals surface area (Å²) in [4.78, 5) is 6.94. The fourth-order valence-corrected chi connectivity index (χ4v) is 4.39. The smallest absolute Gasteiger partial charge is 0.162 e. The molecule has 1 saturated heterocycles. The van der Waals surface area contributed by atoms with Crippen LogP contribution in [-0.4, -0.2) is 33.2 Å². The molecule has 0 spiro atoms. The molecule has 1 aliphatic rings. The molecule has 164 valence electrons. The summed E-state index contributed by atoms with van der Waals surface area (Å²) in [5, 5.41) is 8.85. The normalized spacial score (nSPS) is 16.6. The Bertz CT molecular complexity index is 1220. The largest absolute Gasteiger partial charge is 0.493 e. The average Bonchev–Trinajstić information content (AvgIpc) is 3.46. The van der Waals surface area contributed by atoms with Gasteiger partial charge in [0.1, 0.15) is 5.75 Å². The lowest BCUT2D eigenvalue weighted by Gasteiger charge is -2.23. The maximum Gasteiger partial charge on any atom is 0.162 e. The van der Waals surface area contributed by atoms with E-state index in [4.69, 9.17) is 4.74 Å². The molecule has 1 fully saturated rings. The highest BCUT2D eigenvalue weighted by Crippen LogP contribution is 2.33. The first-order chi connectivity index (χ1) is 15.7. The Hall–Kier alpha value is -3.32. The summed E-state index contributed by atoms with van der Waals surface area (Å²) >= 11 is 0. The van der Waals surface area contributed by atoms with Crippen LogP contribution >= 0.6 is 0 Å². The zero-order valence-electron chi connectivity index (χ0n) is 17.6. The molecular formula is C25H24F2N4O. The Morgan fingerprint density at radius 1 is 1.06 bits per heavy atom. The van der Waals surface area contributed by atoms with Gasteiger partial charge < -0.3 is 4.74 Å². The minimum Gasteiger partial charge on any atom is -0.493 e. The number of fused-ring (bicyclic) bond motifs is 1. The quantitative estimate of drug-likeness (QED) is 0.435. The molecule has 0 saturated carbocycles. The molecule has 4 aromatic rings. The van der Waals surface area contributed by atoms with Gasteiger partial charge in [0.25, 0.3) is 0 Å². The van der Waals surface area contributed by atoms with Crippen LogP contribution in [0.25, 0.3) is 10.9 Å². The first-order valence-corrected chi connectivity index (χ1v) is 10.9. The van der Waals surface area contributed by atoms with E-state index in [9.17, 15) is 8.78 Å². The zero-order valence-corrected chi connectivity index (χ0v) is 17.6. The third kappa shape index (κ3) is 4.34. The van der Waals surface area contributed by atoms with Crippen LogP contribution in [0.15, 0.2) is 60.8 Å². The number of rotatable bonds is 7. The van der Waals surface area contributed by atoms with Crippen molar-refractivity contribution in [3.8, 4) is 5.75 Å². The minimum atomic E-state index is -0.908. The van der Waals surface area contributed by atoms with E-state index in [2.05, 4.69) is 44.3 Å². The summed E-state index contributed by atoms with van der Waals surface area (Å²) in [6, 6.07) is 16.2. The fraction of sp³-hybridized carbons (Fsp3) is 0.280. The lowest BCUT2D eigenvalue weighted by molar-refractivity contribution is 0.245. The number of para-hydroxylation sites is 1. The summed E-state index contributed by atoms with van der Waals surface area (Å²) in [6.45, 7) is 2.24. The second-order valence-corrected chi connectivity index (χ2v) is 8.11. The number of pyridine rings is 1. The van der Waals surface area contributed by atoms with Crippen LogP contribution in [0, 0.1) is 11.6 Å². The highest BCUT2D eigenvalue weighted by molar-refractivity contribution is 5.81. The SMILES string of the molecule is Fc1ccc(OCCc2cc([C@H]3CCCN3Cc3ccnc4ccccc34)n[nH]2)cc1F. The van der Waals surface area contributed by atoms with E-state index in [1.165, 1.54) is 17.0 Å². The van der Waals surface area contributed by atoms with Gasteiger partial charge in [0.2, 0.25) is 0 Å². The van der Waals surface area contributed by atoms with Crippen molar-refractivity contribution in [1.29, 1.82) is 0 Å². The third-order valence-electron chi connectivity index (χ3n) is 6.00. The summed E-state index contributed by atoms with van der Waals surface area (Å²) in [5.41, 5.74) is 4.29. The maximum absolute atomic E-state index is 13.3. The number of nitrogens with one attached hydrogen (secondary N) is 1. The van der Waals surface area contributed by atoms with Gasteiger partial charge in [-0.2, -0.15) is 5.10 Å². The van der Waals surface area contributed by atoms with E-state index < -0.39 is 11.6 Å². The average molecular weight is 434 g/mol. The Kier molecular flexibility index (Phi) is 5.81. The van der Waals surface area contributed by atoms with Gasteiger partial charge in [0, 0.05) is 36.3 Å². The van der Waals surface area contributed by atoms with Crippen LogP contribution in [0.3, 0.4) is 0 Å². The van der Waals surface area contributed by atoms with Crippen molar-refractivity contribution in [1.82, 2.24) is 20.1 Å². The number of hydrogen-bond acceptors (Lipinski definition) is 4. The van der Waals surface area contributed by atoms with Gasteiger partial charge in [-0.25, -0.2) is 8.78 Å². The van der Waals surface area contributed by atoms with Crippen molar-refractivity contribution < 1.29 is 13.5 Å². The minimum absolute atomic E-state index is 0.263. The number of benzene rings is 2. The van der Waals surface area contributed by atoms with E-state index in [0.717, 1.165) is 55.0 Å². The number of halogens is 2. The summed E-state index contributed by atoms with van der Waals surface area (Å²) in [6.07, 6.45) is 4.68. The Morgan fingerprint density at radius 3 is 2.88 bits per heavy atom. The van der Waals surface area contributed by atoms with Crippen molar-refractivity contribution in [3.63, 3.8) is 0 Å². The van der Waals surface area contributed by atoms with Gasteiger partial charge in [0.05, 0.1) is 23.9 Å². The highest BCUT2D eigenvalue weighted by Gasteiger charge is 2.28. The van der Waals surface area contributed by atoms with Gasteiger partial charge in [-0.3, -0.25) is 15.0 Å². The van der Waals surface area contributed by atoms with Crippen LogP contribution in [0.5, 0.6) is 5.75 Å². The Labute approximate surface area is 185 Å². The Balaban J connectivity index is 1.23. The molecule has 0 aliphatic carbocycles. The number of aromatic nitrogens is 3. The van der Waals surface area contributed by atoms with E-state index in [-0.39, 0.29) is 6.04 Å². The maximum atomic E-state index is 13.3. The molecule has 0 amide bonds. The molecular weight excluding hydrogens is 410 g/mol. The van der Waals surface area contributed by atoms with Crippen LogP contribution in [0.2, 0.25) is 0 Å². The predicted octanol–water partition coefficient (Wildman–Crippen LogP) is 5.19. The van der Waals surface area contributed by atoms with E-state index in [0.29, 0.717) is 18.8 Å². The fourth-order valence-electron chi connectivity index (χ4n) is 4.39. The lowest BCUT2D eigenvalue weighted by Crippen LogP contribution is -2.23. The molecule has 7 heteroatoms. The predicted molar refractivity (Wildman–Crippen MR) is 118 cm³/mol. The van der Waals surface area contributed by atoms with Crippen LogP contribution in [-0.2, 0) is 13.0 Å². The van der Waals surface area contributed by atoms with E-state index in [1.54, 1.807) is 0 Å². The first kappa shape index (κ1) is 20.6. The molecule has 3 heterocycles. The molecule has 0 bridgehead atoms. The molecule has 0 unspecified atom stereocenters. The van der Waals surface area contributed by atoms with Crippen LogP contribution < -0.4 is 4.74 Å². The standard InChI is InChI=1S/C25H24F2N4O/c26-21-8-7-19(15-22(21)27)32-13-10-18-14-24(30-29-18)25-6-3-12-31(25)16-17-9-11-28-23-5-2-1-4-20(17)23/h1-2,4-5,7-9,11,14-15,25H,3,6,10,12-13,16H2,(H,29,30)/t25-/m1/s1. The second-order valence-electron chi connectivity index (χ2n) is 8.11. The van der Waals surface area contributed by atoms with Gasteiger partial charge in [-0.15, -0.1) is 0 Å². The summed E-state index contributed by atoms with van der Waals surface area (Å²) in [7, 11) is 0. The van der Waals surface area contributed by atoms with Crippen molar-refractivity contribution >= 4 is 10.9 Å². The van der Waals surface area contributed by atoms with Crippen molar-refractivity contribution in [2.75, 3.05) is 13.2 Å². The summed E-state index contributed by atoms with van der Waals surface area (Å²) < 4.78 is 31.9. The van der Waals surface area contributed by atoms with E-state index >= 15 is 0 Å². The van der Waals surface area contributed by atoms with Crippen LogP contribution in [0.4, 0.5) is 8.78 Å². The molecule has 2 aromatic carbocycles. The van der Waals surface area contributed by atoms with Crippen molar-refractivity contribution in [3.05, 3.63) is 89.4 Å². The van der Waals surface area contributed by atoms with Gasteiger partial charge in [-0.05, 0) is 55.3 Å². The third-order valence-corrected chi connectivity index (χ3v) is 6.00. The molecule has 1 N–H and O–H groups in total. The van der Waals surface area contributed by atoms with E-state index in [1.807, 2.05) is 18.3 Å². The van der Waals surface area contributed by atoms with Crippen molar-refractivity contribution in [2.45, 2.75) is 31.8 Å². The zero-order chi connectivity index (χ0) is 21.9. The molecule has 1 atom stereocenters. The number of hydrogen-bond donors (Lipinski definition) is 1. The first-order valence-electron chi connectivity index (χ1n) is 10.9. The van der Waals surface area contributed by atoms with Gasteiger partial charge in [0.15, 0.2) is 11.6 Å². The van der Waals surface area contributed by atoms with Crippen LogP contribution in [0.1, 0.15) is 35.8 Å². The van der Waals surface area contributed by atoms with Gasteiger partial charge >= 0.3 is 0 Å². The molecule has 0 radical (unpaired) electrons. The monoisotopic (exact) mass is 434 g/mol. The number of aromatic amines is 1. The van der Waals surface area contributed by atoms with Crippen molar-refractivity contribution in [2.24, 2.45) is 0 Å². The summed E-state index contributed by atoms with van der Waals surface area (Å²) in [5.74, 6) is -1.47. The number of nitrogens with zero attached hydrogens (tertiary/aromatic N) is 3. The molecule has 32 heavy (non-hydrogen) atoms. The molecule has 2 aromatic heterocycles. The number of ether oxygens (including phenoxy) is 1. The number of H-pyrrole nitrogens is 1. The van der Waals surface area contributed by atoms with Gasteiger partial charge in [-0.1, -0.05) is 18.2 Å². The lowest BCUT2D eigenvalue weighted by atomic mass is 10.1. The number of likely N-dealkylation sites (tertiary alicyclic amines) is 1.